The molecule has 4 atom stereocenters. The molecular formula is C15H34N8O8Pt2+4. The fourth-order valence-electron chi connectivity index (χ4n) is 2.57. The van der Waals surface area contributed by atoms with Gasteiger partial charge in [0.15, 0.2) is 0 Å². The van der Waals surface area contributed by atoms with Gasteiger partial charge in [-0.25, -0.2) is 0 Å². The van der Waals surface area contributed by atoms with Gasteiger partial charge in [-0.1, -0.05) is 31.7 Å². The average molecular weight is 845 g/mol. The largest absolute Gasteiger partial charge is 4.00 e. The van der Waals surface area contributed by atoms with E-state index in [9.17, 15) is 0 Å². The molecule has 18 heteroatoms. The smallest absolute Gasteiger partial charge is 0.870 e. The van der Waals surface area contributed by atoms with E-state index in [1.807, 2.05) is 0 Å². The van der Waals surface area contributed by atoms with Crippen molar-refractivity contribution in [3.63, 3.8) is 0 Å². The first kappa shape index (κ1) is 45.3. The molecule has 3 rings (SSSR count). The van der Waals surface area contributed by atoms with Gasteiger partial charge in [-0.05, 0) is 25.7 Å². The topological polar surface area (TPSA) is 325 Å². The third kappa shape index (κ3) is 38.3. The Morgan fingerprint density at radius 2 is 0.970 bits per heavy atom. The van der Waals surface area contributed by atoms with Crippen molar-refractivity contribution < 1.29 is 63.3 Å². The zero-order chi connectivity index (χ0) is 22.7. The van der Waals surface area contributed by atoms with Gasteiger partial charge in [-0.3, -0.25) is 0 Å². The monoisotopic (exact) mass is 844 g/mol. The first-order valence-corrected chi connectivity index (χ1v) is 9.11. The summed E-state index contributed by atoms with van der Waals surface area (Å²) in [6.45, 7) is 0. The Labute approximate surface area is 220 Å². The number of hydrogen-bond donors (Lipinski definition) is 4. The molecule has 11 N–H and O–H groups in total. The Balaban J connectivity index is -0.0000000692. The third-order valence-electron chi connectivity index (χ3n) is 4.12. The van der Waals surface area contributed by atoms with Gasteiger partial charge in [-0.15, -0.1) is 0 Å². The van der Waals surface area contributed by atoms with E-state index in [0.29, 0.717) is 0 Å². The van der Waals surface area contributed by atoms with Gasteiger partial charge in [0.2, 0.25) is 0 Å². The second-order valence-electron chi connectivity index (χ2n) is 6.39. The predicted octanol–water partition coefficient (Wildman–Crippen LogP) is -1.02. The molecule has 33 heavy (non-hydrogen) atoms. The summed E-state index contributed by atoms with van der Waals surface area (Å²) < 4.78 is 0. The Kier molecular flexibility index (Phi) is 42.2. The van der Waals surface area contributed by atoms with E-state index in [1.165, 1.54) is 25.7 Å². The second-order valence-corrected chi connectivity index (χ2v) is 6.39. The molecule has 2 aliphatic carbocycles. The molecule has 0 aromatic carbocycles. The molecule has 1 heterocycles. The van der Waals surface area contributed by atoms with Crippen LogP contribution in [0, 0.1) is 30.6 Å². The molecule has 2 fully saturated rings. The van der Waals surface area contributed by atoms with Gasteiger partial charge >= 0.3 is 42.1 Å². The molecule has 0 amide bonds. The first-order chi connectivity index (χ1) is 13.6. The summed E-state index contributed by atoms with van der Waals surface area (Å²) in [5.41, 5.74) is 22.6. The summed E-state index contributed by atoms with van der Waals surface area (Å²) >= 11 is 0. The number of nitrogens with zero attached hydrogens (tertiary/aromatic N) is 4. The minimum Gasteiger partial charge on any atom is -0.870 e. The fourth-order valence-corrected chi connectivity index (χ4v) is 2.57. The predicted molar refractivity (Wildman–Crippen MR) is 113 cm³/mol. The van der Waals surface area contributed by atoms with E-state index in [0.717, 1.165) is 25.7 Å². The minimum atomic E-state index is -1.75. The quantitative estimate of drug-likeness (QED) is 0.180. The van der Waals surface area contributed by atoms with E-state index in [2.05, 4.69) is 10.2 Å². The zero-order valence-corrected chi connectivity index (χ0v) is 22.4. The molecule has 2 saturated carbocycles. The summed E-state index contributed by atoms with van der Waals surface area (Å²) in [4.78, 5) is 16.5. The maximum Gasteiger partial charge on any atom is 4.00 e. The van der Waals surface area contributed by atoms with E-state index in [1.54, 1.807) is 18.5 Å². The van der Waals surface area contributed by atoms with E-state index >= 15 is 0 Å². The molecule has 1 aromatic rings. The van der Waals surface area contributed by atoms with E-state index in [4.69, 9.17) is 53.6 Å². The van der Waals surface area contributed by atoms with Crippen molar-refractivity contribution in [2.24, 2.45) is 22.9 Å². The number of aromatic nitrogens is 2. The molecule has 0 unspecified atom stereocenters. The number of nitrogens with two attached hydrogens (primary N) is 4. The maximum absolute atomic E-state index is 8.25. The van der Waals surface area contributed by atoms with Crippen LogP contribution >= 0.6 is 0 Å². The van der Waals surface area contributed by atoms with Crippen LogP contribution in [-0.4, -0.2) is 50.4 Å². The van der Waals surface area contributed by atoms with Gasteiger partial charge in [-0.2, -0.15) is 6.20 Å². The van der Waals surface area contributed by atoms with Crippen LogP contribution in [0.4, 0.5) is 0 Å². The van der Waals surface area contributed by atoms with Crippen molar-refractivity contribution in [1.29, 1.82) is 0 Å². The summed E-state index contributed by atoms with van der Waals surface area (Å²) in [6, 6.07) is 2.90. The molecular weight excluding hydrogens is 810 g/mol. The molecule has 0 spiro atoms. The van der Waals surface area contributed by atoms with Crippen LogP contribution in [0.25, 0.3) is 0 Å². The molecule has 2 aliphatic rings. The third-order valence-corrected chi connectivity index (χ3v) is 4.12. The molecule has 16 nitrogen and oxygen atoms in total. The molecule has 1 aromatic heterocycles. The van der Waals surface area contributed by atoms with Crippen molar-refractivity contribution in [2.45, 2.75) is 75.5 Å². The Morgan fingerprint density at radius 1 is 0.727 bits per heavy atom. The van der Waals surface area contributed by atoms with Gasteiger partial charge in [0.05, 0.1) is 10.2 Å². The summed E-state index contributed by atoms with van der Waals surface area (Å²) in [6.07, 6.45) is 12.9. The SMILES string of the molecule is N[C@@H]1CCCC[C@H]1N.N[C@H]1CCCC[C@@H]1N.O.O=[N+]([O-])[O-].O=[N+]([O-])[O-].[OH-].[Pt+4].[Pt+4].c1cn[n-]c1. The average Bonchev–Trinajstić information content (AvgIpc) is 3.20. The van der Waals surface area contributed by atoms with Crippen LogP contribution in [0.3, 0.4) is 0 Å². The van der Waals surface area contributed by atoms with Crippen molar-refractivity contribution >= 4 is 0 Å². The second kappa shape index (κ2) is 30.7. The summed E-state index contributed by atoms with van der Waals surface area (Å²) in [5.74, 6) is 0. The van der Waals surface area contributed by atoms with Gasteiger partial charge in [0, 0.05) is 30.4 Å². The van der Waals surface area contributed by atoms with Crippen LogP contribution < -0.4 is 28.0 Å². The Morgan fingerprint density at radius 3 is 1.06 bits per heavy atom. The van der Waals surface area contributed by atoms with Crippen molar-refractivity contribution in [3.05, 3.63) is 49.1 Å². The van der Waals surface area contributed by atoms with Crippen molar-refractivity contribution in [2.75, 3.05) is 0 Å². The van der Waals surface area contributed by atoms with Crippen molar-refractivity contribution in [3.8, 4) is 0 Å². The maximum atomic E-state index is 8.25. The van der Waals surface area contributed by atoms with E-state index in [-0.39, 0.29) is 77.3 Å². The fraction of sp³-hybridized carbons (Fsp3) is 0.800. The van der Waals surface area contributed by atoms with Gasteiger partial charge < -0.3 is 74.7 Å². The first-order valence-electron chi connectivity index (χ1n) is 9.11. The van der Waals surface area contributed by atoms with Crippen LogP contribution in [0.2, 0.25) is 0 Å². The molecule has 0 radical (unpaired) electrons. The Hall–Kier alpha value is -1.25. The summed E-state index contributed by atoms with van der Waals surface area (Å²) in [7, 11) is 0. The van der Waals surface area contributed by atoms with Crippen molar-refractivity contribution in [1.82, 2.24) is 10.2 Å². The zero-order valence-electron chi connectivity index (χ0n) is 17.8. The minimum absolute atomic E-state index is 0. The Bertz CT molecular complexity index is 445. The number of hydrogen-bond acceptors (Lipinski definition) is 12. The van der Waals surface area contributed by atoms with E-state index < -0.39 is 10.2 Å². The van der Waals surface area contributed by atoms with Crippen LogP contribution in [0.15, 0.2) is 18.5 Å². The van der Waals surface area contributed by atoms with Gasteiger partial charge in [0.25, 0.3) is 0 Å². The summed E-state index contributed by atoms with van der Waals surface area (Å²) in [5, 5.41) is 36.4. The number of rotatable bonds is 0. The van der Waals surface area contributed by atoms with Crippen LogP contribution in [0.5, 0.6) is 0 Å². The normalized spacial score (nSPS) is 21.9. The molecule has 0 saturated heterocycles. The standard InChI is InChI=1S/2C6H14N2.C3H3N2.2NO3.2H2O.2Pt/c2*7-5-3-1-2-4-6(5)8;1-2-4-5-3-1;2*2-1(3)4;;;;/h2*5-6H,1-4,7-8H2;1-3H;;;2*1H2;;/q;;3*-1;;;2*+4/p-1/t2*5-,6-;;;;;;;/m10......./s1. The molecule has 0 aliphatic heterocycles. The molecule has 198 valence electrons. The molecule has 0 bridgehead atoms. The van der Waals surface area contributed by atoms with Crippen LogP contribution in [0.1, 0.15) is 51.4 Å². The van der Waals surface area contributed by atoms with Gasteiger partial charge in [0.1, 0.15) is 0 Å². The van der Waals surface area contributed by atoms with Crippen LogP contribution in [-0.2, 0) is 42.1 Å².